The van der Waals surface area contributed by atoms with Crippen molar-refractivity contribution in [3.63, 3.8) is 0 Å². The summed E-state index contributed by atoms with van der Waals surface area (Å²) in [5.74, 6) is -0.754. The Balaban J connectivity index is 1.67. The molecule has 1 aromatic carbocycles. The lowest BCUT2D eigenvalue weighted by Gasteiger charge is -2.36. The van der Waals surface area contributed by atoms with Gasteiger partial charge in [-0.3, -0.25) is 20.1 Å². The Kier molecular flexibility index (Phi) is 7.51. The number of alkyl halides is 3. The summed E-state index contributed by atoms with van der Waals surface area (Å²) in [5, 5.41) is 6.39. The number of pyridine rings is 1. The first-order chi connectivity index (χ1) is 16.8. The van der Waals surface area contributed by atoms with Crippen LogP contribution in [-0.4, -0.2) is 49.0 Å². The Morgan fingerprint density at radius 2 is 2.06 bits per heavy atom. The third-order valence-electron chi connectivity index (χ3n) is 6.29. The quantitative estimate of drug-likeness (QED) is 0.532. The van der Waals surface area contributed by atoms with Gasteiger partial charge in [0.2, 0.25) is 5.91 Å². The second kappa shape index (κ2) is 10.6. The van der Waals surface area contributed by atoms with Gasteiger partial charge in [-0.1, -0.05) is 12.1 Å². The van der Waals surface area contributed by atoms with E-state index in [1.54, 1.807) is 12.4 Å². The van der Waals surface area contributed by atoms with Crippen molar-refractivity contribution in [3.8, 4) is 5.75 Å². The van der Waals surface area contributed by atoms with Crippen molar-refractivity contribution in [1.82, 2.24) is 15.6 Å². The summed E-state index contributed by atoms with van der Waals surface area (Å²) in [7, 11) is 0. The van der Waals surface area contributed by atoms with Crippen LogP contribution in [0.15, 0.2) is 59.9 Å². The number of benzene rings is 1. The van der Waals surface area contributed by atoms with Crippen molar-refractivity contribution in [2.75, 3.05) is 19.6 Å². The number of dihydropyridines is 1. The molecule has 2 atom stereocenters. The highest BCUT2D eigenvalue weighted by molar-refractivity contribution is 5.93. The standard InChI is InChI=1S/C25H28F3N5O2/c26-25(27,28)19-13-18(14-21(15-19)35-20-5-10-30-11-6-20)24(22(29)34)7-2-9-32-23(24)33-12-4-17-3-1-8-31-16-17/h1-3,7-9,13-16,20,23,30,33H,4-6,10-12H2,(H2,29,34). The predicted molar refractivity (Wildman–Crippen MR) is 126 cm³/mol. The summed E-state index contributed by atoms with van der Waals surface area (Å²) < 4.78 is 47.5. The van der Waals surface area contributed by atoms with E-state index >= 15 is 0 Å². The minimum Gasteiger partial charge on any atom is -0.490 e. The maximum Gasteiger partial charge on any atom is 0.416 e. The van der Waals surface area contributed by atoms with Gasteiger partial charge in [0.15, 0.2) is 0 Å². The van der Waals surface area contributed by atoms with Gasteiger partial charge >= 0.3 is 6.18 Å². The molecule has 0 spiro atoms. The van der Waals surface area contributed by atoms with Crippen LogP contribution >= 0.6 is 0 Å². The molecule has 0 aliphatic carbocycles. The smallest absolute Gasteiger partial charge is 0.416 e. The van der Waals surface area contributed by atoms with Crippen molar-refractivity contribution in [2.24, 2.45) is 10.7 Å². The third-order valence-corrected chi connectivity index (χ3v) is 6.29. The van der Waals surface area contributed by atoms with Crippen LogP contribution in [0.5, 0.6) is 5.75 Å². The molecule has 3 heterocycles. The first kappa shape index (κ1) is 24.9. The zero-order valence-corrected chi connectivity index (χ0v) is 19.1. The fraction of sp³-hybridized carbons (Fsp3) is 0.400. The van der Waals surface area contributed by atoms with E-state index in [0.717, 1.165) is 30.8 Å². The number of piperidine rings is 1. The van der Waals surface area contributed by atoms with Crippen LogP contribution in [0, 0.1) is 0 Å². The van der Waals surface area contributed by atoms with Crippen molar-refractivity contribution >= 4 is 12.1 Å². The number of nitrogens with zero attached hydrogens (tertiary/aromatic N) is 2. The molecule has 4 N–H and O–H groups in total. The van der Waals surface area contributed by atoms with Crippen molar-refractivity contribution < 1.29 is 22.7 Å². The first-order valence-corrected chi connectivity index (χ1v) is 11.5. The van der Waals surface area contributed by atoms with Gasteiger partial charge in [0, 0.05) is 25.2 Å². The Morgan fingerprint density at radius 1 is 1.26 bits per heavy atom. The molecule has 1 aromatic heterocycles. The molecule has 1 amide bonds. The van der Waals surface area contributed by atoms with Gasteiger partial charge in [-0.25, -0.2) is 0 Å². The van der Waals surface area contributed by atoms with Gasteiger partial charge in [-0.05, 0) is 73.8 Å². The molecular formula is C25H28F3N5O2. The average molecular weight is 488 g/mol. The Hall–Kier alpha value is -3.24. The second-order valence-corrected chi connectivity index (χ2v) is 8.67. The van der Waals surface area contributed by atoms with Crippen LogP contribution in [0.3, 0.4) is 0 Å². The number of primary amides is 1. The third kappa shape index (κ3) is 5.71. The molecule has 1 saturated heterocycles. The molecule has 2 aliphatic heterocycles. The minimum absolute atomic E-state index is 0.0550. The summed E-state index contributed by atoms with van der Waals surface area (Å²) in [6.07, 6.45) is 4.13. The summed E-state index contributed by atoms with van der Waals surface area (Å²) in [4.78, 5) is 21.4. The highest BCUT2D eigenvalue weighted by Gasteiger charge is 2.46. The molecule has 2 aromatic rings. The summed E-state index contributed by atoms with van der Waals surface area (Å²) in [6, 6.07) is 7.14. The van der Waals surface area contributed by atoms with E-state index in [-0.39, 0.29) is 17.4 Å². The topological polar surface area (TPSA) is 102 Å². The number of hydrogen-bond donors (Lipinski definition) is 3. The number of allylic oxidation sites excluding steroid dienone is 1. The van der Waals surface area contributed by atoms with Gasteiger partial charge in [0.25, 0.3) is 0 Å². The highest BCUT2D eigenvalue weighted by atomic mass is 19.4. The highest BCUT2D eigenvalue weighted by Crippen LogP contribution is 2.40. The number of halogens is 3. The maximum absolute atomic E-state index is 13.9. The number of carbonyl (C=O) groups is 1. The van der Waals surface area contributed by atoms with E-state index in [0.29, 0.717) is 25.8 Å². The number of hydrogen-bond acceptors (Lipinski definition) is 6. The Labute approximate surface area is 201 Å². The van der Waals surface area contributed by atoms with Gasteiger partial charge in [0.05, 0.1) is 5.56 Å². The molecule has 2 aliphatic rings. The lowest BCUT2D eigenvalue weighted by molar-refractivity contribution is -0.138. The number of aliphatic imine (C=N–C) groups is 1. The van der Waals surface area contributed by atoms with E-state index in [9.17, 15) is 18.0 Å². The summed E-state index contributed by atoms with van der Waals surface area (Å²) in [5.41, 5.74) is 4.37. The zero-order chi connectivity index (χ0) is 24.9. The van der Waals surface area contributed by atoms with Crippen LogP contribution in [0.1, 0.15) is 29.5 Å². The zero-order valence-electron chi connectivity index (χ0n) is 19.1. The minimum atomic E-state index is -4.63. The number of amides is 1. The van der Waals surface area contributed by atoms with E-state index < -0.39 is 29.2 Å². The van der Waals surface area contributed by atoms with E-state index in [1.807, 2.05) is 12.1 Å². The fourth-order valence-electron chi connectivity index (χ4n) is 4.44. The van der Waals surface area contributed by atoms with Crippen LogP contribution in [0.4, 0.5) is 13.2 Å². The molecule has 10 heteroatoms. The lowest BCUT2D eigenvalue weighted by Crippen LogP contribution is -2.55. The molecule has 0 bridgehead atoms. The molecule has 0 saturated carbocycles. The second-order valence-electron chi connectivity index (χ2n) is 8.67. The number of ether oxygens (including phenoxy) is 1. The summed E-state index contributed by atoms with van der Waals surface area (Å²) in [6.45, 7) is 1.86. The van der Waals surface area contributed by atoms with Crippen molar-refractivity contribution in [3.05, 3.63) is 71.6 Å². The molecule has 7 nitrogen and oxygen atoms in total. The molecule has 1 fully saturated rings. The van der Waals surface area contributed by atoms with Gasteiger partial charge < -0.3 is 15.8 Å². The lowest BCUT2D eigenvalue weighted by atomic mass is 9.74. The fourth-order valence-corrected chi connectivity index (χ4v) is 4.44. The van der Waals surface area contributed by atoms with Crippen LogP contribution in [-0.2, 0) is 22.8 Å². The van der Waals surface area contributed by atoms with Gasteiger partial charge in [0.1, 0.15) is 23.4 Å². The molecule has 4 rings (SSSR count). The van der Waals surface area contributed by atoms with Crippen LogP contribution in [0.25, 0.3) is 0 Å². The Morgan fingerprint density at radius 3 is 2.74 bits per heavy atom. The monoisotopic (exact) mass is 487 g/mol. The molecule has 2 unspecified atom stereocenters. The normalized spacial score (nSPS) is 22.8. The number of rotatable bonds is 8. The van der Waals surface area contributed by atoms with E-state index in [4.69, 9.17) is 10.5 Å². The first-order valence-electron chi connectivity index (χ1n) is 11.5. The number of nitrogens with one attached hydrogen (secondary N) is 2. The maximum atomic E-state index is 13.9. The van der Waals surface area contributed by atoms with Crippen LogP contribution < -0.4 is 21.1 Å². The summed E-state index contributed by atoms with van der Waals surface area (Å²) >= 11 is 0. The number of carbonyl (C=O) groups excluding carboxylic acids is 1. The molecule has 186 valence electrons. The average Bonchev–Trinajstić information content (AvgIpc) is 2.85. The largest absolute Gasteiger partial charge is 0.490 e. The van der Waals surface area contributed by atoms with E-state index in [1.165, 1.54) is 24.4 Å². The molecule has 35 heavy (non-hydrogen) atoms. The van der Waals surface area contributed by atoms with Crippen molar-refractivity contribution in [2.45, 2.75) is 43.1 Å². The van der Waals surface area contributed by atoms with Gasteiger partial charge in [-0.15, -0.1) is 0 Å². The van der Waals surface area contributed by atoms with E-state index in [2.05, 4.69) is 20.6 Å². The van der Waals surface area contributed by atoms with Gasteiger partial charge in [-0.2, -0.15) is 13.2 Å². The Bertz CT molecular complexity index is 1080. The SMILES string of the molecule is NC(=O)C1(c2cc(OC3CCNCC3)cc(C(F)(F)F)c2)C=CC=NC1NCCc1cccnc1. The molecule has 0 radical (unpaired) electrons. The predicted octanol–water partition coefficient (Wildman–Crippen LogP) is 2.75. The molecular weight excluding hydrogens is 459 g/mol. The van der Waals surface area contributed by atoms with Crippen LogP contribution in [0.2, 0.25) is 0 Å². The van der Waals surface area contributed by atoms with Crippen molar-refractivity contribution in [1.29, 1.82) is 0 Å². The number of aromatic nitrogens is 1. The number of nitrogens with two attached hydrogens (primary N) is 1.